The minimum absolute atomic E-state index is 0.0163. The van der Waals surface area contributed by atoms with Gasteiger partial charge < -0.3 is 19.3 Å². The molecule has 1 N–H and O–H groups in total. The second kappa shape index (κ2) is 9.72. The van der Waals surface area contributed by atoms with Crippen molar-refractivity contribution in [1.82, 2.24) is 4.90 Å². The van der Waals surface area contributed by atoms with Crippen molar-refractivity contribution in [3.05, 3.63) is 101 Å². The van der Waals surface area contributed by atoms with E-state index >= 15 is 0 Å². The van der Waals surface area contributed by atoms with E-state index in [4.69, 9.17) is 14.2 Å². The van der Waals surface area contributed by atoms with Crippen LogP contribution < -0.4 is 4.74 Å². The van der Waals surface area contributed by atoms with Gasteiger partial charge in [0.2, 0.25) is 0 Å². The zero-order chi connectivity index (χ0) is 26.3. The van der Waals surface area contributed by atoms with E-state index in [0.29, 0.717) is 6.54 Å². The van der Waals surface area contributed by atoms with Crippen LogP contribution in [0.15, 0.2) is 72.8 Å². The van der Waals surface area contributed by atoms with E-state index in [1.807, 2.05) is 35.2 Å². The van der Waals surface area contributed by atoms with Gasteiger partial charge in [0.1, 0.15) is 22.9 Å². The van der Waals surface area contributed by atoms with Crippen molar-refractivity contribution in [2.75, 3.05) is 26.9 Å². The first kappa shape index (κ1) is 25.7. The summed E-state index contributed by atoms with van der Waals surface area (Å²) >= 11 is 0. The lowest BCUT2D eigenvalue weighted by molar-refractivity contribution is -0.231. The molecule has 1 spiro atoms. The number of aliphatic hydroxyl groups is 1. The maximum absolute atomic E-state index is 13.7. The largest absolute Gasteiger partial charge is 0.496 e. The number of hydrogen-bond acceptors (Lipinski definition) is 5. The van der Waals surface area contributed by atoms with Crippen LogP contribution in [-0.2, 0) is 27.8 Å². The van der Waals surface area contributed by atoms with E-state index in [1.165, 1.54) is 25.3 Å². The van der Waals surface area contributed by atoms with Crippen LogP contribution in [0.4, 0.5) is 17.6 Å². The summed E-state index contributed by atoms with van der Waals surface area (Å²) in [6.45, 7) is 0.525. The number of nitrogens with zero attached hydrogens (tertiary/aromatic N) is 1. The maximum atomic E-state index is 13.7. The Bertz CT molecular complexity index is 1240. The first-order chi connectivity index (χ1) is 17.6. The lowest BCUT2D eigenvalue weighted by Gasteiger charge is -2.47. The summed E-state index contributed by atoms with van der Waals surface area (Å²) in [5, 5.41) is 11.8. The summed E-state index contributed by atoms with van der Waals surface area (Å²) in [6, 6.07) is 18.5. The van der Waals surface area contributed by atoms with Gasteiger partial charge in [-0.05, 0) is 41.5 Å². The van der Waals surface area contributed by atoms with Crippen LogP contribution in [0.25, 0.3) is 0 Å². The van der Waals surface area contributed by atoms with Crippen LogP contribution in [0.3, 0.4) is 0 Å². The highest BCUT2D eigenvalue weighted by Crippen LogP contribution is 2.49. The van der Waals surface area contributed by atoms with Crippen molar-refractivity contribution in [2.24, 2.45) is 0 Å². The van der Waals surface area contributed by atoms with Gasteiger partial charge in [-0.1, -0.05) is 42.5 Å². The minimum atomic E-state index is -4.60. The lowest BCUT2D eigenvalue weighted by atomic mass is 9.82. The second-order valence-electron chi connectivity index (χ2n) is 9.55. The Labute approximate surface area is 212 Å². The molecule has 9 heteroatoms. The molecule has 2 heterocycles. The Hall–Kier alpha value is -2.98. The third-order valence-electron chi connectivity index (χ3n) is 7.13. The fraction of sp³-hybridized carbons (Fsp3) is 0.357. The van der Waals surface area contributed by atoms with E-state index in [0.717, 1.165) is 23.3 Å². The molecule has 3 aromatic rings. The minimum Gasteiger partial charge on any atom is -0.496 e. The van der Waals surface area contributed by atoms with Crippen molar-refractivity contribution in [2.45, 2.75) is 36.5 Å². The molecule has 0 aliphatic carbocycles. The van der Waals surface area contributed by atoms with Gasteiger partial charge in [0.05, 0.1) is 38.5 Å². The molecule has 0 bridgehead atoms. The Morgan fingerprint density at radius 3 is 2.43 bits per heavy atom. The van der Waals surface area contributed by atoms with Gasteiger partial charge in [-0.2, -0.15) is 13.2 Å². The fourth-order valence-electron chi connectivity index (χ4n) is 5.32. The molecule has 1 unspecified atom stereocenters. The SMILES string of the molecule is COc1ccc(C(F)(F)F)cc1[C@@]1(O)COCC2(C1)OC[C@H](c1ccc(F)cc1)N2Cc1ccccc1. The third-order valence-corrected chi connectivity index (χ3v) is 7.13. The van der Waals surface area contributed by atoms with Crippen LogP contribution in [0, 0.1) is 5.82 Å². The van der Waals surface area contributed by atoms with Gasteiger partial charge in [0.15, 0.2) is 0 Å². The van der Waals surface area contributed by atoms with E-state index in [9.17, 15) is 22.7 Å². The molecule has 0 amide bonds. The average molecular weight is 518 g/mol. The van der Waals surface area contributed by atoms with E-state index < -0.39 is 23.1 Å². The number of rotatable bonds is 5. The number of hydrogen-bond donors (Lipinski definition) is 1. The van der Waals surface area contributed by atoms with Gasteiger partial charge >= 0.3 is 6.18 Å². The molecule has 196 valence electrons. The number of alkyl halides is 3. The van der Waals surface area contributed by atoms with E-state index in [2.05, 4.69) is 0 Å². The van der Waals surface area contributed by atoms with Crippen molar-refractivity contribution in [1.29, 1.82) is 0 Å². The molecule has 2 saturated heterocycles. The van der Waals surface area contributed by atoms with Gasteiger partial charge in [-0.3, -0.25) is 4.90 Å². The quantitative estimate of drug-likeness (QED) is 0.458. The summed E-state index contributed by atoms with van der Waals surface area (Å²) in [7, 11) is 1.34. The normalized spacial score (nSPS) is 26.5. The second-order valence-corrected chi connectivity index (χ2v) is 9.55. The Balaban J connectivity index is 1.55. The average Bonchev–Trinajstić information content (AvgIpc) is 3.20. The fourth-order valence-corrected chi connectivity index (χ4v) is 5.32. The number of ether oxygens (including phenoxy) is 3. The summed E-state index contributed by atoms with van der Waals surface area (Å²) < 4.78 is 71.8. The number of benzene rings is 3. The lowest BCUT2D eigenvalue weighted by Crippen LogP contribution is -2.58. The summed E-state index contributed by atoms with van der Waals surface area (Å²) in [6.07, 6.45) is -4.65. The first-order valence-corrected chi connectivity index (χ1v) is 11.9. The predicted octanol–water partition coefficient (Wildman–Crippen LogP) is 5.43. The maximum Gasteiger partial charge on any atom is 0.416 e. The molecule has 2 aliphatic heterocycles. The first-order valence-electron chi connectivity index (χ1n) is 11.9. The van der Waals surface area contributed by atoms with Crippen LogP contribution in [0.1, 0.15) is 34.7 Å². The summed E-state index contributed by atoms with van der Waals surface area (Å²) in [5.74, 6) is -0.238. The Morgan fingerprint density at radius 2 is 1.76 bits per heavy atom. The van der Waals surface area contributed by atoms with Crippen LogP contribution in [0.2, 0.25) is 0 Å². The highest BCUT2D eigenvalue weighted by atomic mass is 19.4. The van der Waals surface area contributed by atoms with E-state index in [1.54, 1.807) is 12.1 Å². The Kier molecular flexibility index (Phi) is 6.74. The molecule has 0 radical (unpaired) electrons. The third kappa shape index (κ3) is 4.96. The highest BCUT2D eigenvalue weighted by Gasteiger charge is 2.56. The smallest absolute Gasteiger partial charge is 0.416 e. The Morgan fingerprint density at radius 1 is 1.03 bits per heavy atom. The van der Waals surface area contributed by atoms with Crippen molar-refractivity contribution < 1.29 is 36.9 Å². The molecule has 2 fully saturated rings. The van der Waals surface area contributed by atoms with Crippen LogP contribution >= 0.6 is 0 Å². The molecule has 0 aromatic heterocycles. The summed E-state index contributed by atoms with van der Waals surface area (Å²) in [4.78, 5) is 2.04. The zero-order valence-electron chi connectivity index (χ0n) is 20.2. The molecular formula is C28H27F4NO4. The molecular weight excluding hydrogens is 490 g/mol. The summed E-state index contributed by atoms with van der Waals surface area (Å²) in [5.41, 5.74) is -2.09. The molecule has 0 saturated carbocycles. The molecule has 2 aliphatic rings. The number of methoxy groups -OCH3 is 1. The molecule has 3 aromatic carbocycles. The van der Waals surface area contributed by atoms with Gasteiger partial charge in [-0.15, -0.1) is 0 Å². The zero-order valence-corrected chi connectivity index (χ0v) is 20.2. The molecule has 5 nitrogen and oxygen atoms in total. The monoisotopic (exact) mass is 517 g/mol. The van der Waals surface area contributed by atoms with Crippen LogP contribution in [0.5, 0.6) is 5.75 Å². The van der Waals surface area contributed by atoms with Crippen molar-refractivity contribution in [3.8, 4) is 5.75 Å². The highest BCUT2D eigenvalue weighted by molar-refractivity contribution is 5.43. The standard InChI is InChI=1S/C28H27F4NO4/c1-35-25-12-9-21(28(30,31)32)13-23(25)26(34)16-27(18-36-17-26)33(14-19-5-3-2-4-6-19)24(15-37-27)20-7-10-22(29)11-8-20/h2-13,24,34H,14-18H2,1H3/t24-,26+,27?/m1/s1. The van der Waals surface area contributed by atoms with Gasteiger partial charge in [-0.25, -0.2) is 4.39 Å². The topological polar surface area (TPSA) is 51.2 Å². The predicted molar refractivity (Wildman–Crippen MR) is 127 cm³/mol. The van der Waals surface area contributed by atoms with Gasteiger partial charge in [0.25, 0.3) is 0 Å². The van der Waals surface area contributed by atoms with Crippen molar-refractivity contribution >= 4 is 0 Å². The number of halogens is 4. The van der Waals surface area contributed by atoms with E-state index in [-0.39, 0.29) is 49.4 Å². The molecule has 37 heavy (non-hydrogen) atoms. The van der Waals surface area contributed by atoms with Crippen LogP contribution in [-0.4, -0.2) is 42.7 Å². The van der Waals surface area contributed by atoms with Gasteiger partial charge in [0, 0.05) is 18.5 Å². The molecule has 3 atom stereocenters. The molecule has 5 rings (SSSR count). The van der Waals surface area contributed by atoms with Crippen molar-refractivity contribution in [3.63, 3.8) is 0 Å².